The molecule has 0 fully saturated rings. The van der Waals surface area contributed by atoms with Crippen molar-refractivity contribution in [2.45, 2.75) is 53.9 Å². The predicted molar refractivity (Wildman–Crippen MR) is 113 cm³/mol. The van der Waals surface area contributed by atoms with Crippen LogP contribution in [-0.4, -0.2) is 12.4 Å². The minimum atomic E-state index is -0.122. The molecule has 0 heterocycles. The fourth-order valence-corrected chi connectivity index (χ4v) is 4.22. The number of allylic oxidation sites excluding steroid dienone is 3. The van der Waals surface area contributed by atoms with E-state index >= 15 is 0 Å². The van der Waals surface area contributed by atoms with E-state index in [1.165, 1.54) is 11.6 Å². The molecule has 0 saturated heterocycles. The Morgan fingerprint density at radius 3 is 2.69 bits per heavy atom. The van der Waals surface area contributed by atoms with E-state index in [1.54, 1.807) is 18.1 Å². The van der Waals surface area contributed by atoms with E-state index in [0.717, 1.165) is 41.9 Å². The summed E-state index contributed by atoms with van der Waals surface area (Å²) in [7, 11) is 0. The van der Waals surface area contributed by atoms with E-state index in [4.69, 9.17) is 4.18 Å². The number of fused-ring (bicyclic) bond motifs is 1. The highest BCUT2D eigenvalue weighted by atomic mass is 32.2. The van der Waals surface area contributed by atoms with Crippen molar-refractivity contribution in [1.82, 2.24) is 0 Å². The average Bonchev–Trinajstić information content (AvgIpc) is 2.57. The summed E-state index contributed by atoms with van der Waals surface area (Å²) in [5, 5.41) is 0. The molecule has 144 valence electrons. The molecule has 1 aromatic carbocycles. The predicted octanol–water partition coefficient (Wildman–Crippen LogP) is 7.08. The molecule has 3 heteroatoms. The van der Waals surface area contributed by atoms with Crippen LogP contribution in [0.2, 0.25) is 0 Å². The van der Waals surface area contributed by atoms with Gasteiger partial charge in [-0.1, -0.05) is 65.0 Å². The van der Waals surface area contributed by atoms with Crippen molar-refractivity contribution < 1.29 is 8.57 Å². The van der Waals surface area contributed by atoms with Crippen molar-refractivity contribution in [3.8, 4) is 0 Å². The van der Waals surface area contributed by atoms with E-state index in [9.17, 15) is 4.39 Å². The lowest BCUT2D eigenvalue weighted by Gasteiger charge is -2.32. The Labute approximate surface area is 163 Å². The first-order chi connectivity index (χ1) is 12.2. The monoisotopic (exact) mass is 376 g/mol. The van der Waals surface area contributed by atoms with Gasteiger partial charge in [-0.15, -0.1) is 0 Å². The van der Waals surface area contributed by atoms with Crippen molar-refractivity contribution >= 4 is 17.6 Å². The molecule has 0 aromatic heterocycles. The second kappa shape index (κ2) is 9.23. The van der Waals surface area contributed by atoms with Crippen molar-refractivity contribution in [3.05, 3.63) is 53.4 Å². The molecule has 1 aliphatic rings. The summed E-state index contributed by atoms with van der Waals surface area (Å²) in [6.07, 6.45) is 4.55. The van der Waals surface area contributed by atoms with Gasteiger partial charge in [-0.25, -0.2) is 4.39 Å². The van der Waals surface area contributed by atoms with Crippen LogP contribution >= 0.6 is 12.0 Å². The summed E-state index contributed by atoms with van der Waals surface area (Å²) in [5.41, 5.74) is 4.32. The Morgan fingerprint density at radius 1 is 1.27 bits per heavy atom. The Morgan fingerprint density at radius 2 is 2.00 bits per heavy atom. The van der Waals surface area contributed by atoms with Gasteiger partial charge in [-0.3, -0.25) is 0 Å². The number of hydrogen-bond acceptors (Lipinski definition) is 2. The number of hydrogen-bond donors (Lipinski definition) is 0. The van der Waals surface area contributed by atoms with Crippen LogP contribution in [0.15, 0.2) is 36.4 Å². The van der Waals surface area contributed by atoms with Crippen LogP contribution in [0.3, 0.4) is 0 Å². The zero-order valence-corrected chi connectivity index (χ0v) is 17.7. The summed E-state index contributed by atoms with van der Waals surface area (Å²) < 4.78 is 19.8. The lowest BCUT2D eigenvalue weighted by Crippen LogP contribution is -2.25. The minimum absolute atomic E-state index is 0.122. The smallest absolute Gasteiger partial charge is 0.127 e. The zero-order valence-electron chi connectivity index (χ0n) is 16.9. The first-order valence-electron chi connectivity index (χ1n) is 9.60. The van der Waals surface area contributed by atoms with Crippen LogP contribution < -0.4 is 0 Å². The summed E-state index contributed by atoms with van der Waals surface area (Å²) in [5.74, 6) is 2.18. The largest absolute Gasteiger partial charge is 0.315 e. The highest BCUT2D eigenvalue weighted by molar-refractivity contribution is 7.94. The standard InChI is InChI=1S/C23H33FOS/c1-16-13-19(20-10-7-11-22(24)21(20)14-16)9-8-12-25-26-15-17(2)18(3)23(4,5)6/h7,10-11,13,17-18H,1,8-9,12,14-15H2,2-6H3. The number of rotatable bonds is 8. The molecule has 0 saturated carbocycles. The highest BCUT2D eigenvalue weighted by Gasteiger charge is 2.25. The molecular weight excluding hydrogens is 343 g/mol. The molecule has 0 spiro atoms. The zero-order chi connectivity index (χ0) is 19.3. The van der Waals surface area contributed by atoms with Crippen molar-refractivity contribution in [3.63, 3.8) is 0 Å². The van der Waals surface area contributed by atoms with Crippen LogP contribution in [0.25, 0.3) is 5.57 Å². The number of halogens is 1. The molecule has 2 unspecified atom stereocenters. The van der Waals surface area contributed by atoms with Gasteiger partial charge in [-0.05, 0) is 64.9 Å². The van der Waals surface area contributed by atoms with Crippen molar-refractivity contribution in [2.24, 2.45) is 17.3 Å². The summed E-state index contributed by atoms with van der Waals surface area (Å²) in [4.78, 5) is 0. The topological polar surface area (TPSA) is 9.23 Å². The molecular formula is C23H33FOS. The van der Waals surface area contributed by atoms with Crippen LogP contribution in [0.5, 0.6) is 0 Å². The molecule has 0 bridgehead atoms. The number of benzene rings is 1. The van der Waals surface area contributed by atoms with Gasteiger partial charge >= 0.3 is 0 Å². The van der Waals surface area contributed by atoms with Crippen LogP contribution in [0.1, 0.15) is 58.6 Å². The Kier molecular flexibility index (Phi) is 7.54. The maximum atomic E-state index is 14.0. The van der Waals surface area contributed by atoms with E-state index in [-0.39, 0.29) is 5.82 Å². The van der Waals surface area contributed by atoms with E-state index in [2.05, 4.69) is 47.3 Å². The highest BCUT2D eigenvalue weighted by Crippen LogP contribution is 2.34. The third kappa shape index (κ3) is 5.72. The van der Waals surface area contributed by atoms with E-state index in [1.807, 2.05) is 6.07 Å². The van der Waals surface area contributed by atoms with Crippen LogP contribution in [0.4, 0.5) is 4.39 Å². The molecule has 0 N–H and O–H groups in total. The minimum Gasteiger partial charge on any atom is -0.315 e. The van der Waals surface area contributed by atoms with Crippen LogP contribution in [-0.2, 0) is 10.6 Å². The fraction of sp³-hybridized carbons (Fsp3) is 0.565. The Bertz CT molecular complexity index is 657. The van der Waals surface area contributed by atoms with E-state index < -0.39 is 0 Å². The van der Waals surface area contributed by atoms with Gasteiger partial charge in [0, 0.05) is 12.2 Å². The maximum Gasteiger partial charge on any atom is 0.127 e. The molecule has 1 aromatic rings. The summed E-state index contributed by atoms with van der Waals surface area (Å²) in [6, 6.07) is 5.34. The third-order valence-corrected chi connectivity index (χ3v) is 6.55. The average molecular weight is 377 g/mol. The molecule has 1 nitrogen and oxygen atoms in total. The van der Waals surface area contributed by atoms with Crippen molar-refractivity contribution in [2.75, 3.05) is 12.4 Å². The van der Waals surface area contributed by atoms with Gasteiger partial charge < -0.3 is 4.18 Å². The van der Waals surface area contributed by atoms with Gasteiger partial charge in [0.2, 0.25) is 0 Å². The fourth-order valence-electron chi connectivity index (χ4n) is 3.38. The first kappa shape index (κ1) is 21.2. The summed E-state index contributed by atoms with van der Waals surface area (Å²) in [6.45, 7) is 16.3. The van der Waals surface area contributed by atoms with Crippen LogP contribution in [0, 0.1) is 23.1 Å². The Balaban J connectivity index is 1.76. The normalized spacial score (nSPS) is 16.8. The molecule has 0 amide bonds. The van der Waals surface area contributed by atoms with Gasteiger partial charge in [-0.2, -0.15) is 0 Å². The second-order valence-corrected chi connectivity index (χ2v) is 9.42. The molecule has 1 aliphatic carbocycles. The SMILES string of the molecule is C=C1C=C(CCCOSCC(C)C(C)C(C)(C)C)c2cccc(F)c2C1. The van der Waals surface area contributed by atoms with Gasteiger partial charge in [0.15, 0.2) is 0 Å². The van der Waals surface area contributed by atoms with E-state index in [0.29, 0.717) is 23.7 Å². The van der Waals surface area contributed by atoms with Gasteiger partial charge in [0.1, 0.15) is 5.82 Å². The molecule has 0 aliphatic heterocycles. The molecule has 26 heavy (non-hydrogen) atoms. The van der Waals surface area contributed by atoms with Gasteiger partial charge in [0.25, 0.3) is 0 Å². The maximum absolute atomic E-state index is 14.0. The third-order valence-electron chi connectivity index (χ3n) is 5.55. The van der Waals surface area contributed by atoms with Gasteiger partial charge in [0.05, 0.1) is 6.61 Å². The molecule has 0 radical (unpaired) electrons. The molecule has 2 atom stereocenters. The lowest BCUT2D eigenvalue weighted by atomic mass is 9.76. The summed E-state index contributed by atoms with van der Waals surface area (Å²) >= 11 is 1.58. The second-order valence-electron chi connectivity index (χ2n) is 8.61. The lowest BCUT2D eigenvalue weighted by molar-refractivity contribution is 0.200. The quantitative estimate of drug-likeness (QED) is 0.354. The Hall–Kier alpha value is -1.06. The first-order valence-corrected chi connectivity index (χ1v) is 10.5. The van der Waals surface area contributed by atoms with Crippen molar-refractivity contribution in [1.29, 1.82) is 0 Å². The molecule has 2 rings (SSSR count).